The zero-order valence-corrected chi connectivity index (χ0v) is 14.9. The fourth-order valence-corrected chi connectivity index (χ4v) is 3.66. The minimum absolute atomic E-state index is 0.0637. The molecule has 1 fully saturated rings. The summed E-state index contributed by atoms with van der Waals surface area (Å²) in [5.74, 6) is 0.0688. The smallest absolute Gasteiger partial charge is 0.225 e. The molecule has 4 nitrogen and oxygen atoms in total. The first-order valence-corrected chi connectivity index (χ1v) is 9.12. The first-order valence-electron chi connectivity index (χ1n) is 8.24. The number of rotatable bonds is 4. The Balaban J connectivity index is 1.56. The SMILES string of the molecule is CC(C)C(=O)N1CCN(Cc2nc(-c3ccc(F)cc3)cs2)CC1. The number of thiazole rings is 1. The summed E-state index contributed by atoms with van der Waals surface area (Å²) in [4.78, 5) is 21.0. The molecule has 2 heterocycles. The van der Waals surface area contributed by atoms with E-state index >= 15 is 0 Å². The number of hydrogen-bond donors (Lipinski definition) is 0. The van der Waals surface area contributed by atoms with Crippen molar-refractivity contribution in [2.75, 3.05) is 26.2 Å². The van der Waals surface area contributed by atoms with Crippen molar-refractivity contribution in [3.8, 4) is 11.3 Å². The van der Waals surface area contributed by atoms with Crippen LogP contribution in [0.2, 0.25) is 0 Å². The average molecular weight is 347 g/mol. The Morgan fingerprint density at radius 2 is 1.88 bits per heavy atom. The van der Waals surface area contributed by atoms with Crippen LogP contribution in [0.1, 0.15) is 18.9 Å². The van der Waals surface area contributed by atoms with Crippen molar-refractivity contribution in [2.24, 2.45) is 5.92 Å². The molecule has 0 saturated carbocycles. The molecule has 1 aliphatic rings. The van der Waals surface area contributed by atoms with Gasteiger partial charge >= 0.3 is 0 Å². The lowest BCUT2D eigenvalue weighted by Crippen LogP contribution is -2.49. The summed E-state index contributed by atoms with van der Waals surface area (Å²) < 4.78 is 13.0. The summed E-state index contributed by atoms with van der Waals surface area (Å²) >= 11 is 1.63. The minimum Gasteiger partial charge on any atom is -0.340 e. The third-order valence-electron chi connectivity index (χ3n) is 4.23. The standard InChI is InChI=1S/C18H22FN3OS/c1-13(2)18(23)22-9-7-21(8-10-22)11-17-20-16(12-24-17)14-3-5-15(19)6-4-14/h3-6,12-13H,7-11H2,1-2H3. The predicted molar refractivity (Wildman–Crippen MR) is 94.2 cm³/mol. The monoisotopic (exact) mass is 347 g/mol. The number of aromatic nitrogens is 1. The van der Waals surface area contributed by atoms with E-state index in [0.717, 1.165) is 49.0 Å². The first-order chi connectivity index (χ1) is 11.5. The molecule has 1 aromatic heterocycles. The summed E-state index contributed by atoms with van der Waals surface area (Å²) in [6, 6.07) is 6.42. The Hall–Kier alpha value is -1.79. The number of nitrogens with zero attached hydrogens (tertiary/aromatic N) is 3. The van der Waals surface area contributed by atoms with Crippen molar-refractivity contribution in [2.45, 2.75) is 20.4 Å². The van der Waals surface area contributed by atoms with Crippen molar-refractivity contribution in [3.63, 3.8) is 0 Å². The van der Waals surface area contributed by atoms with Gasteiger partial charge in [0.15, 0.2) is 0 Å². The molecular formula is C18H22FN3OS. The number of carbonyl (C=O) groups excluding carboxylic acids is 1. The van der Waals surface area contributed by atoms with Crippen molar-refractivity contribution in [3.05, 3.63) is 40.5 Å². The second kappa shape index (κ2) is 7.40. The van der Waals surface area contributed by atoms with E-state index in [1.807, 2.05) is 24.1 Å². The van der Waals surface area contributed by atoms with Crippen LogP contribution in [0.4, 0.5) is 4.39 Å². The maximum absolute atomic E-state index is 13.0. The van der Waals surface area contributed by atoms with E-state index < -0.39 is 0 Å². The van der Waals surface area contributed by atoms with E-state index in [1.54, 1.807) is 23.5 Å². The number of carbonyl (C=O) groups is 1. The molecule has 1 aromatic carbocycles. The zero-order valence-electron chi connectivity index (χ0n) is 14.0. The van der Waals surface area contributed by atoms with E-state index in [2.05, 4.69) is 9.88 Å². The second-order valence-electron chi connectivity index (χ2n) is 6.39. The highest BCUT2D eigenvalue weighted by atomic mass is 32.1. The van der Waals surface area contributed by atoms with Gasteiger partial charge in [-0.25, -0.2) is 9.37 Å². The van der Waals surface area contributed by atoms with Gasteiger partial charge in [-0.15, -0.1) is 11.3 Å². The maximum Gasteiger partial charge on any atom is 0.225 e. The Morgan fingerprint density at radius 3 is 2.50 bits per heavy atom. The molecule has 1 aliphatic heterocycles. The van der Waals surface area contributed by atoms with Crippen LogP contribution in [-0.2, 0) is 11.3 Å². The molecule has 0 bridgehead atoms. The number of halogens is 1. The van der Waals surface area contributed by atoms with Gasteiger partial charge in [-0.05, 0) is 24.3 Å². The lowest BCUT2D eigenvalue weighted by Gasteiger charge is -2.35. The molecule has 0 N–H and O–H groups in total. The molecule has 3 rings (SSSR count). The Kier molecular flexibility index (Phi) is 5.26. The molecule has 24 heavy (non-hydrogen) atoms. The summed E-state index contributed by atoms with van der Waals surface area (Å²) in [6.45, 7) is 8.02. The lowest BCUT2D eigenvalue weighted by atomic mass is 10.1. The van der Waals surface area contributed by atoms with Crippen molar-refractivity contribution < 1.29 is 9.18 Å². The largest absolute Gasteiger partial charge is 0.340 e. The van der Waals surface area contributed by atoms with E-state index in [-0.39, 0.29) is 17.6 Å². The van der Waals surface area contributed by atoms with E-state index in [4.69, 9.17) is 0 Å². The highest BCUT2D eigenvalue weighted by Crippen LogP contribution is 2.23. The maximum atomic E-state index is 13.0. The topological polar surface area (TPSA) is 36.4 Å². The van der Waals surface area contributed by atoms with Crippen LogP contribution in [0.15, 0.2) is 29.6 Å². The van der Waals surface area contributed by atoms with E-state index in [1.165, 1.54) is 12.1 Å². The number of benzene rings is 1. The van der Waals surface area contributed by atoms with Gasteiger partial charge in [0.1, 0.15) is 10.8 Å². The summed E-state index contributed by atoms with van der Waals surface area (Å²) in [6.07, 6.45) is 0. The van der Waals surface area contributed by atoms with Gasteiger partial charge in [0.2, 0.25) is 5.91 Å². The zero-order chi connectivity index (χ0) is 17.1. The van der Waals surface area contributed by atoms with Crippen LogP contribution in [0, 0.1) is 11.7 Å². The second-order valence-corrected chi connectivity index (χ2v) is 7.33. The van der Waals surface area contributed by atoms with Crippen LogP contribution < -0.4 is 0 Å². The first kappa shape index (κ1) is 17.0. The number of amides is 1. The molecule has 6 heteroatoms. The van der Waals surface area contributed by atoms with Crippen LogP contribution in [-0.4, -0.2) is 46.9 Å². The molecule has 1 saturated heterocycles. The van der Waals surface area contributed by atoms with Gasteiger partial charge in [-0.1, -0.05) is 13.8 Å². The molecule has 0 aliphatic carbocycles. The lowest BCUT2D eigenvalue weighted by molar-refractivity contribution is -0.136. The molecule has 2 aromatic rings. The van der Waals surface area contributed by atoms with E-state index in [9.17, 15) is 9.18 Å². The van der Waals surface area contributed by atoms with Crippen LogP contribution >= 0.6 is 11.3 Å². The van der Waals surface area contributed by atoms with Crippen molar-refractivity contribution in [1.82, 2.24) is 14.8 Å². The van der Waals surface area contributed by atoms with Gasteiger partial charge in [0.25, 0.3) is 0 Å². The molecule has 1 amide bonds. The summed E-state index contributed by atoms with van der Waals surface area (Å²) in [5, 5.41) is 3.07. The Labute approximate surface area is 145 Å². The third kappa shape index (κ3) is 3.99. The van der Waals surface area contributed by atoms with Crippen LogP contribution in [0.3, 0.4) is 0 Å². The Morgan fingerprint density at radius 1 is 1.21 bits per heavy atom. The molecule has 0 unspecified atom stereocenters. The number of hydrogen-bond acceptors (Lipinski definition) is 4. The third-order valence-corrected chi connectivity index (χ3v) is 5.06. The normalized spacial score (nSPS) is 15.9. The summed E-state index contributed by atoms with van der Waals surface area (Å²) in [7, 11) is 0. The quantitative estimate of drug-likeness (QED) is 0.852. The fourth-order valence-electron chi connectivity index (χ4n) is 2.82. The van der Waals surface area contributed by atoms with Crippen molar-refractivity contribution >= 4 is 17.2 Å². The van der Waals surface area contributed by atoms with Gasteiger partial charge in [0, 0.05) is 43.0 Å². The highest BCUT2D eigenvalue weighted by Gasteiger charge is 2.23. The van der Waals surface area contributed by atoms with Gasteiger partial charge in [-0.3, -0.25) is 9.69 Å². The molecule has 0 radical (unpaired) electrons. The highest BCUT2D eigenvalue weighted by molar-refractivity contribution is 7.09. The minimum atomic E-state index is -0.233. The predicted octanol–water partition coefficient (Wildman–Crippen LogP) is 3.25. The van der Waals surface area contributed by atoms with Gasteiger partial charge in [-0.2, -0.15) is 0 Å². The molecule has 128 valence electrons. The molecule has 0 spiro atoms. The van der Waals surface area contributed by atoms with Crippen molar-refractivity contribution in [1.29, 1.82) is 0 Å². The van der Waals surface area contributed by atoms with Crippen LogP contribution in [0.25, 0.3) is 11.3 Å². The fraction of sp³-hybridized carbons (Fsp3) is 0.444. The summed E-state index contributed by atoms with van der Waals surface area (Å²) in [5.41, 5.74) is 1.83. The number of piperazine rings is 1. The molecular weight excluding hydrogens is 325 g/mol. The van der Waals surface area contributed by atoms with Gasteiger partial charge in [0.05, 0.1) is 12.2 Å². The Bertz CT molecular complexity index is 691. The molecule has 0 atom stereocenters. The van der Waals surface area contributed by atoms with Gasteiger partial charge < -0.3 is 4.90 Å². The van der Waals surface area contributed by atoms with E-state index in [0.29, 0.717) is 0 Å². The van der Waals surface area contributed by atoms with Crippen LogP contribution in [0.5, 0.6) is 0 Å². The average Bonchev–Trinajstić information content (AvgIpc) is 3.04.